The molecule has 1 saturated carbocycles. The SMILES string of the molecule is Cc1ccc2c(C#N)c(-c3ccc(SNC4(C)CC4)cc3)[nH]c2n1. The van der Waals surface area contributed by atoms with Crippen LogP contribution >= 0.6 is 11.9 Å². The normalized spacial score (nSPS) is 15.4. The van der Waals surface area contributed by atoms with Crippen LogP contribution in [0.4, 0.5) is 0 Å². The number of nitrogens with one attached hydrogen (secondary N) is 2. The van der Waals surface area contributed by atoms with Gasteiger partial charge in [0.25, 0.3) is 0 Å². The van der Waals surface area contributed by atoms with E-state index in [1.165, 1.54) is 17.7 Å². The van der Waals surface area contributed by atoms with Crippen molar-refractivity contribution < 1.29 is 0 Å². The Balaban J connectivity index is 1.65. The van der Waals surface area contributed by atoms with Crippen LogP contribution in [0.3, 0.4) is 0 Å². The van der Waals surface area contributed by atoms with Gasteiger partial charge in [0.15, 0.2) is 0 Å². The Labute approximate surface area is 145 Å². The van der Waals surface area contributed by atoms with Crippen LogP contribution in [0.5, 0.6) is 0 Å². The number of aromatic nitrogens is 2. The molecule has 2 heterocycles. The van der Waals surface area contributed by atoms with Crippen LogP contribution in [0.25, 0.3) is 22.3 Å². The number of nitriles is 1. The second kappa shape index (κ2) is 5.66. The van der Waals surface area contributed by atoms with Gasteiger partial charge in [0.2, 0.25) is 0 Å². The van der Waals surface area contributed by atoms with Crippen molar-refractivity contribution in [2.24, 2.45) is 0 Å². The lowest BCUT2D eigenvalue weighted by Crippen LogP contribution is -2.19. The summed E-state index contributed by atoms with van der Waals surface area (Å²) in [6.45, 7) is 4.19. The van der Waals surface area contributed by atoms with Crippen molar-refractivity contribution in [3.05, 3.63) is 47.7 Å². The average Bonchev–Trinajstić information content (AvgIpc) is 3.21. The van der Waals surface area contributed by atoms with Gasteiger partial charge in [-0.25, -0.2) is 4.98 Å². The number of rotatable bonds is 4. The summed E-state index contributed by atoms with van der Waals surface area (Å²) in [6, 6.07) is 14.5. The second-order valence-corrected chi connectivity index (χ2v) is 7.50. The minimum atomic E-state index is 0.304. The van der Waals surface area contributed by atoms with Crippen molar-refractivity contribution in [1.29, 1.82) is 5.26 Å². The van der Waals surface area contributed by atoms with Gasteiger partial charge in [0.05, 0.1) is 11.3 Å². The number of hydrogen-bond donors (Lipinski definition) is 2. The molecule has 0 atom stereocenters. The zero-order valence-corrected chi connectivity index (χ0v) is 14.5. The molecule has 4 nitrogen and oxygen atoms in total. The van der Waals surface area contributed by atoms with Gasteiger partial charge in [-0.15, -0.1) is 0 Å². The van der Waals surface area contributed by atoms with Gasteiger partial charge in [-0.2, -0.15) is 5.26 Å². The minimum absolute atomic E-state index is 0.304. The molecule has 0 amide bonds. The Hall–Kier alpha value is -2.29. The highest BCUT2D eigenvalue weighted by Crippen LogP contribution is 2.38. The molecule has 0 unspecified atom stereocenters. The van der Waals surface area contributed by atoms with Crippen LogP contribution in [0.15, 0.2) is 41.3 Å². The van der Waals surface area contributed by atoms with Crippen LogP contribution < -0.4 is 4.72 Å². The van der Waals surface area contributed by atoms with E-state index in [4.69, 9.17) is 0 Å². The number of aryl methyl sites for hydroxylation is 1. The van der Waals surface area contributed by atoms with E-state index in [0.29, 0.717) is 11.1 Å². The average molecular weight is 334 g/mol. The Morgan fingerprint density at radius 3 is 2.62 bits per heavy atom. The zero-order chi connectivity index (χ0) is 16.7. The summed E-state index contributed by atoms with van der Waals surface area (Å²) in [7, 11) is 0. The maximum Gasteiger partial charge on any atom is 0.139 e. The lowest BCUT2D eigenvalue weighted by molar-refractivity contribution is 0.701. The van der Waals surface area contributed by atoms with Crippen molar-refractivity contribution in [2.75, 3.05) is 0 Å². The Kier molecular flexibility index (Phi) is 3.60. The van der Waals surface area contributed by atoms with Gasteiger partial charge in [0, 0.05) is 21.5 Å². The van der Waals surface area contributed by atoms with Crippen molar-refractivity contribution in [1.82, 2.24) is 14.7 Å². The first-order chi connectivity index (χ1) is 11.6. The van der Waals surface area contributed by atoms with Gasteiger partial charge < -0.3 is 4.98 Å². The van der Waals surface area contributed by atoms with E-state index in [1.54, 1.807) is 11.9 Å². The molecule has 0 saturated heterocycles. The zero-order valence-electron chi connectivity index (χ0n) is 13.7. The van der Waals surface area contributed by atoms with Crippen molar-refractivity contribution in [3.63, 3.8) is 0 Å². The predicted molar refractivity (Wildman–Crippen MR) is 97.6 cm³/mol. The number of benzene rings is 1. The molecule has 120 valence electrons. The monoisotopic (exact) mass is 334 g/mol. The molecule has 1 aliphatic rings. The van der Waals surface area contributed by atoms with E-state index in [-0.39, 0.29) is 0 Å². The summed E-state index contributed by atoms with van der Waals surface area (Å²) in [4.78, 5) is 8.97. The van der Waals surface area contributed by atoms with Crippen LogP contribution in [-0.4, -0.2) is 15.5 Å². The molecule has 24 heavy (non-hydrogen) atoms. The highest BCUT2D eigenvalue weighted by molar-refractivity contribution is 7.97. The Morgan fingerprint density at radius 2 is 1.96 bits per heavy atom. The highest BCUT2D eigenvalue weighted by atomic mass is 32.2. The first-order valence-corrected chi connectivity index (χ1v) is 8.83. The van der Waals surface area contributed by atoms with Crippen molar-refractivity contribution >= 4 is 23.0 Å². The summed E-state index contributed by atoms with van der Waals surface area (Å²) in [5, 5.41) is 10.4. The molecule has 1 aliphatic carbocycles. The molecule has 0 radical (unpaired) electrons. The molecular weight excluding hydrogens is 316 g/mol. The first kappa shape index (κ1) is 15.3. The van der Waals surface area contributed by atoms with Crippen LogP contribution in [0.1, 0.15) is 31.0 Å². The predicted octanol–water partition coefficient (Wildman–Crippen LogP) is 4.56. The molecule has 2 aromatic heterocycles. The summed E-state index contributed by atoms with van der Waals surface area (Å²) in [5.74, 6) is 0. The molecule has 0 bridgehead atoms. The summed E-state index contributed by atoms with van der Waals surface area (Å²) >= 11 is 1.67. The molecule has 0 aliphatic heterocycles. The van der Waals surface area contributed by atoms with Crippen LogP contribution in [-0.2, 0) is 0 Å². The molecule has 0 spiro atoms. The first-order valence-electron chi connectivity index (χ1n) is 8.02. The third kappa shape index (κ3) is 2.79. The quantitative estimate of drug-likeness (QED) is 0.687. The summed E-state index contributed by atoms with van der Waals surface area (Å²) in [5.41, 5.74) is 4.50. The molecule has 1 aromatic carbocycles. The van der Waals surface area contributed by atoms with Crippen LogP contribution in [0.2, 0.25) is 0 Å². The summed E-state index contributed by atoms with van der Waals surface area (Å²) < 4.78 is 3.51. The van der Waals surface area contributed by atoms with Gasteiger partial charge in [-0.1, -0.05) is 12.1 Å². The lowest BCUT2D eigenvalue weighted by atomic mass is 10.1. The van der Waals surface area contributed by atoms with Gasteiger partial charge in [-0.05, 0) is 68.5 Å². The third-order valence-corrected chi connectivity index (χ3v) is 5.57. The number of H-pyrrole nitrogens is 1. The second-order valence-electron chi connectivity index (χ2n) is 6.62. The molecular formula is C19H18N4S. The van der Waals surface area contributed by atoms with E-state index in [0.717, 1.165) is 28.0 Å². The lowest BCUT2D eigenvalue weighted by Gasteiger charge is -2.10. The number of fused-ring (bicyclic) bond motifs is 1. The van der Waals surface area contributed by atoms with Gasteiger partial charge >= 0.3 is 0 Å². The van der Waals surface area contributed by atoms with Crippen molar-refractivity contribution in [2.45, 2.75) is 37.1 Å². The Bertz CT molecular complexity index is 946. The number of aromatic amines is 1. The fourth-order valence-corrected chi connectivity index (χ4v) is 3.50. The van der Waals surface area contributed by atoms with E-state index in [9.17, 15) is 5.26 Å². The molecule has 3 aromatic rings. The smallest absolute Gasteiger partial charge is 0.139 e. The fourth-order valence-electron chi connectivity index (χ4n) is 2.66. The van der Waals surface area contributed by atoms with Gasteiger partial charge in [0.1, 0.15) is 11.7 Å². The van der Waals surface area contributed by atoms with E-state index >= 15 is 0 Å². The molecule has 2 N–H and O–H groups in total. The van der Waals surface area contributed by atoms with E-state index in [1.807, 2.05) is 19.1 Å². The summed E-state index contributed by atoms with van der Waals surface area (Å²) in [6.07, 6.45) is 2.48. The largest absolute Gasteiger partial charge is 0.338 e. The van der Waals surface area contributed by atoms with Crippen molar-refractivity contribution in [3.8, 4) is 17.3 Å². The standard InChI is InChI=1S/C19H18N4S/c1-12-3-8-15-16(11-20)17(22-18(15)21-12)13-4-6-14(7-5-13)24-23-19(2)9-10-19/h3-8,23H,9-10H2,1-2H3,(H,21,22). The Morgan fingerprint density at radius 1 is 1.21 bits per heavy atom. The third-order valence-electron chi connectivity index (χ3n) is 4.47. The topological polar surface area (TPSA) is 64.5 Å². The van der Waals surface area contributed by atoms with Gasteiger partial charge in [-0.3, -0.25) is 4.72 Å². The maximum atomic E-state index is 9.56. The van der Waals surface area contributed by atoms with E-state index in [2.05, 4.69) is 51.9 Å². The fraction of sp³-hybridized carbons (Fsp3) is 0.263. The molecule has 5 heteroatoms. The highest BCUT2D eigenvalue weighted by Gasteiger charge is 2.36. The number of pyridine rings is 1. The molecule has 1 fully saturated rings. The maximum absolute atomic E-state index is 9.56. The van der Waals surface area contributed by atoms with E-state index < -0.39 is 0 Å². The number of nitrogens with zero attached hydrogens (tertiary/aromatic N) is 2. The number of hydrogen-bond acceptors (Lipinski definition) is 4. The molecule has 4 rings (SSSR count). The minimum Gasteiger partial charge on any atom is -0.338 e. The van der Waals surface area contributed by atoms with Crippen LogP contribution in [0, 0.1) is 18.3 Å².